The van der Waals surface area contributed by atoms with E-state index in [4.69, 9.17) is 0 Å². The molecule has 0 aromatic carbocycles. The first-order chi connectivity index (χ1) is 8.63. The first-order valence-electron chi connectivity index (χ1n) is 8.39. The SMILES string of the molecule is CCCCCCC(C)NC1CCC(C(C)C)CC1. The fraction of sp³-hybridized carbons (Fsp3) is 1.00. The Labute approximate surface area is 115 Å². The topological polar surface area (TPSA) is 12.0 Å². The van der Waals surface area contributed by atoms with E-state index in [1.165, 1.54) is 57.8 Å². The van der Waals surface area contributed by atoms with E-state index in [1.54, 1.807) is 0 Å². The van der Waals surface area contributed by atoms with Crippen molar-refractivity contribution in [3.05, 3.63) is 0 Å². The maximum Gasteiger partial charge on any atom is 0.00697 e. The van der Waals surface area contributed by atoms with Crippen molar-refractivity contribution in [3.8, 4) is 0 Å². The summed E-state index contributed by atoms with van der Waals surface area (Å²) in [7, 11) is 0. The first-order valence-corrected chi connectivity index (χ1v) is 8.39. The zero-order valence-corrected chi connectivity index (χ0v) is 13.2. The van der Waals surface area contributed by atoms with E-state index in [2.05, 4.69) is 33.0 Å². The number of rotatable bonds is 8. The quantitative estimate of drug-likeness (QED) is 0.590. The van der Waals surface area contributed by atoms with Crippen molar-refractivity contribution in [1.82, 2.24) is 5.32 Å². The van der Waals surface area contributed by atoms with Crippen LogP contribution < -0.4 is 5.32 Å². The van der Waals surface area contributed by atoms with Gasteiger partial charge in [-0.1, -0.05) is 46.5 Å². The van der Waals surface area contributed by atoms with E-state index < -0.39 is 0 Å². The first kappa shape index (κ1) is 16.0. The molecule has 1 saturated carbocycles. The molecule has 1 fully saturated rings. The van der Waals surface area contributed by atoms with E-state index >= 15 is 0 Å². The lowest BCUT2D eigenvalue weighted by Gasteiger charge is -2.33. The van der Waals surface area contributed by atoms with Crippen LogP contribution in [0.15, 0.2) is 0 Å². The van der Waals surface area contributed by atoms with Gasteiger partial charge in [0, 0.05) is 12.1 Å². The average molecular weight is 253 g/mol. The van der Waals surface area contributed by atoms with Crippen LogP contribution >= 0.6 is 0 Å². The summed E-state index contributed by atoms with van der Waals surface area (Å²) < 4.78 is 0. The lowest BCUT2D eigenvalue weighted by molar-refractivity contribution is 0.228. The van der Waals surface area contributed by atoms with Crippen molar-refractivity contribution in [2.45, 2.75) is 97.6 Å². The summed E-state index contributed by atoms with van der Waals surface area (Å²) in [6, 6.07) is 1.53. The Bertz CT molecular complexity index is 192. The standard InChI is InChI=1S/C17H35N/c1-5-6-7-8-9-15(4)18-17-12-10-16(11-13-17)14(2)3/h14-18H,5-13H2,1-4H3. The molecule has 0 saturated heterocycles. The van der Waals surface area contributed by atoms with Crippen molar-refractivity contribution < 1.29 is 0 Å². The summed E-state index contributed by atoms with van der Waals surface area (Å²) in [5.74, 6) is 1.88. The second-order valence-corrected chi connectivity index (χ2v) is 6.77. The maximum atomic E-state index is 3.86. The molecule has 0 heterocycles. The Kier molecular flexibility index (Phi) is 7.97. The molecular formula is C17H35N. The van der Waals surface area contributed by atoms with Crippen LogP contribution in [-0.4, -0.2) is 12.1 Å². The fourth-order valence-electron chi connectivity index (χ4n) is 3.32. The largest absolute Gasteiger partial charge is 0.312 e. The van der Waals surface area contributed by atoms with Crippen LogP contribution in [0.4, 0.5) is 0 Å². The van der Waals surface area contributed by atoms with Gasteiger partial charge in [-0.25, -0.2) is 0 Å². The molecule has 1 rings (SSSR count). The number of unbranched alkanes of at least 4 members (excludes halogenated alkanes) is 3. The van der Waals surface area contributed by atoms with Gasteiger partial charge in [0.1, 0.15) is 0 Å². The third-order valence-electron chi connectivity index (χ3n) is 4.73. The van der Waals surface area contributed by atoms with Crippen LogP contribution in [0.2, 0.25) is 0 Å². The Hall–Kier alpha value is -0.0400. The Morgan fingerprint density at radius 2 is 1.61 bits per heavy atom. The van der Waals surface area contributed by atoms with E-state index in [1.807, 2.05) is 0 Å². The second-order valence-electron chi connectivity index (χ2n) is 6.77. The van der Waals surface area contributed by atoms with E-state index in [0.29, 0.717) is 0 Å². The highest BCUT2D eigenvalue weighted by Gasteiger charge is 2.23. The van der Waals surface area contributed by atoms with E-state index in [-0.39, 0.29) is 0 Å². The fourth-order valence-corrected chi connectivity index (χ4v) is 3.32. The molecule has 0 aromatic rings. The van der Waals surface area contributed by atoms with Crippen LogP contribution in [0.3, 0.4) is 0 Å². The number of hydrogen-bond donors (Lipinski definition) is 1. The minimum atomic E-state index is 0.724. The highest BCUT2D eigenvalue weighted by atomic mass is 14.9. The summed E-state index contributed by atoms with van der Waals surface area (Å²) in [4.78, 5) is 0. The molecule has 0 spiro atoms. The number of hydrogen-bond acceptors (Lipinski definition) is 1. The molecule has 1 atom stereocenters. The van der Waals surface area contributed by atoms with Crippen molar-refractivity contribution >= 4 is 0 Å². The molecule has 1 heteroatoms. The van der Waals surface area contributed by atoms with Gasteiger partial charge < -0.3 is 5.32 Å². The Balaban J connectivity index is 2.08. The lowest BCUT2D eigenvalue weighted by Crippen LogP contribution is -2.39. The minimum absolute atomic E-state index is 0.724. The maximum absolute atomic E-state index is 3.86. The summed E-state index contributed by atoms with van der Waals surface area (Å²) in [5.41, 5.74) is 0. The Morgan fingerprint density at radius 1 is 0.944 bits per heavy atom. The third kappa shape index (κ3) is 6.22. The molecule has 1 unspecified atom stereocenters. The van der Waals surface area contributed by atoms with Gasteiger partial charge in [-0.05, 0) is 50.9 Å². The van der Waals surface area contributed by atoms with Crippen molar-refractivity contribution in [1.29, 1.82) is 0 Å². The molecule has 1 N–H and O–H groups in total. The highest BCUT2D eigenvalue weighted by Crippen LogP contribution is 2.30. The van der Waals surface area contributed by atoms with E-state index in [9.17, 15) is 0 Å². The number of nitrogens with one attached hydrogen (secondary N) is 1. The predicted molar refractivity (Wildman–Crippen MR) is 81.9 cm³/mol. The van der Waals surface area contributed by atoms with Crippen LogP contribution in [0.25, 0.3) is 0 Å². The molecule has 0 aliphatic heterocycles. The molecular weight excluding hydrogens is 218 g/mol. The predicted octanol–water partition coefficient (Wildman–Crippen LogP) is 5.15. The zero-order valence-electron chi connectivity index (χ0n) is 13.2. The minimum Gasteiger partial charge on any atom is -0.312 e. The molecule has 0 amide bonds. The summed E-state index contributed by atoms with van der Waals surface area (Å²) in [6.07, 6.45) is 12.6. The van der Waals surface area contributed by atoms with E-state index in [0.717, 1.165) is 23.9 Å². The highest BCUT2D eigenvalue weighted by molar-refractivity contribution is 4.80. The molecule has 1 aliphatic rings. The normalized spacial score (nSPS) is 26.5. The summed E-state index contributed by atoms with van der Waals surface area (Å²) in [6.45, 7) is 9.43. The Morgan fingerprint density at radius 3 is 2.17 bits per heavy atom. The molecule has 108 valence electrons. The third-order valence-corrected chi connectivity index (χ3v) is 4.73. The molecule has 0 aromatic heterocycles. The summed E-state index contributed by atoms with van der Waals surface area (Å²) >= 11 is 0. The van der Waals surface area contributed by atoms with Crippen LogP contribution in [0.5, 0.6) is 0 Å². The molecule has 1 aliphatic carbocycles. The van der Waals surface area contributed by atoms with Crippen LogP contribution in [0.1, 0.15) is 85.5 Å². The molecule has 1 nitrogen and oxygen atoms in total. The smallest absolute Gasteiger partial charge is 0.00697 e. The molecule has 0 bridgehead atoms. The van der Waals surface area contributed by atoms with Crippen LogP contribution in [-0.2, 0) is 0 Å². The van der Waals surface area contributed by atoms with Gasteiger partial charge in [0.15, 0.2) is 0 Å². The van der Waals surface area contributed by atoms with Gasteiger partial charge in [0.25, 0.3) is 0 Å². The summed E-state index contributed by atoms with van der Waals surface area (Å²) in [5, 5.41) is 3.86. The zero-order chi connectivity index (χ0) is 13.4. The van der Waals surface area contributed by atoms with Gasteiger partial charge in [0.2, 0.25) is 0 Å². The van der Waals surface area contributed by atoms with Gasteiger partial charge in [-0.2, -0.15) is 0 Å². The molecule has 0 radical (unpaired) electrons. The average Bonchev–Trinajstić information content (AvgIpc) is 2.35. The van der Waals surface area contributed by atoms with Gasteiger partial charge in [-0.15, -0.1) is 0 Å². The van der Waals surface area contributed by atoms with Gasteiger partial charge in [-0.3, -0.25) is 0 Å². The van der Waals surface area contributed by atoms with Crippen LogP contribution in [0, 0.1) is 11.8 Å². The van der Waals surface area contributed by atoms with Gasteiger partial charge >= 0.3 is 0 Å². The van der Waals surface area contributed by atoms with Crippen molar-refractivity contribution in [2.75, 3.05) is 0 Å². The second kappa shape index (κ2) is 8.96. The van der Waals surface area contributed by atoms with Crippen molar-refractivity contribution in [3.63, 3.8) is 0 Å². The van der Waals surface area contributed by atoms with Crippen molar-refractivity contribution in [2.24, 2.45) is 11.8 Å². The monoisotopic (exact) mass is 253 g/mol. The van der Waals surface area contributed by atoms with Gasteiger partial charge in [0.05, 0.1) is 0 Å². The lowest BCUT2D eigenvalue weighted by atomic mass is 9.79. The molecule has 18 heavy (non-hydrogen) atoms.